The highest BCUT2D eigenvalue weighted by Crippen LogP contribution is 2.19. The lowest BCUT2D eigenvalue weighted by molar-refractivity contribution is -0.121. The molecule has 1 fully saturated rings. The molecule has 1 aliphatic carbocycles. The minimum Gasteiger partial charge on any atom is -0.334 e. The number of carbonyl (C=O) groups excluding carboxylic acids is 2. The van der Waals surface area contributed by atoms with Gasteiger partial charge in [0.15, 0.2) is 0 Å². The van der Waals surface area contributed by atoms with Crippen molar-refractivity contribution in [1.29, 1.82) is 0 Å². The van der Waals surface area contributed by atoms with Gasteiger partial charge < -0.3 is 10.2 Å². The van der Waals surface area contributed by atoms with Gasteiger partial charge in [-0.1, -0.05) is 30.3 Å². The summed E-state index contributed by atoms with van der Waals surface area (Å²) in [4.78, 5) is 25.0. The third-order valence-corrected chi connectivity index (χ3v) is 3.67. The molecule has 4 nitrogen and oxygen atoms in total. The smallest absolute Gasteiger partial charge is 0.317 e. The van der Waals surface area contributed by atoms with Crippen LogP contribution < -0.4 is 5.32 Å². The number of Topliss-reactive ketones (excluding diaryl/α,β-unsaturated/α-hetero) is 1. The number of rotatable bonds is 3. The average molecular weight is 260 g/mol. The molecule has 0 atom stereocenters. The summed E-state index contributed by atoms with van der Waals surface area (Å²) in [7, 11) is 1.81. The highest BCUT2D eigenvalue weighted by atomic mass is 16.2. The molecule has 2 amide bonds. The predicted octanol–water partition coefficient (Wildman–Crippen LogP) is 2.34. The van der Waals surface area contributed by atoms with Crippen molar-refractivity contribution in [2.45, 2.75) is 38.3 Å². The Morgan fingerprint density at radius 3 is 2.53 bits per heavy atom. The van der Waals surface area contributed by atoms with Crippen molar-refractivity contribution < 1.29 is 9.59 Å². The first-order chi connectivity index (χ1) is 9.16. The molecular formula is C15H20N2O2. The Balaban J connectivity index is 1.81. The van der Waals surface area contributed by atoms with Gasteiger partial charge in [0.25, 0.3) is 0 Å². The number of ketones is 1. The molecule has 1 aromatic rings. The standard InChI is InChI=1S/C15H20N2O2/c1-17(13-7-9-14(18)10-8-13)15(19)16-11-12-5-3-2-4-6-12/h2-6,13H,7-11H2,1H3,(H,16,19). The van der Waals surface area contributed by atoms with Crippen LogP contribution in [0.15, 0.2) is 30.3 Å². The van der Waals surface area contributed by atoms with Crippen molar-refractivity contribution in [3.63, 3.8) is 0 Å². The SMILES string of the molecule is CN(C(=O)NCc1ccccc1)C1CCC(=O)CC1. The quantitative estimate of drug-likeness (QED) is 0.906. The van der Waals surface area contributed by atoms with Gasteiger partial charge in [-0.2, -0.15) is 0 Å². The van der Waals surface area contributed by atoms with E-state index in [1.807, 2.05) is 30.3 Å². The number of nitrogens with one attached hydrogen (secondary N) is 1. The van der Waals surface area contributed by atoms with E-state index < -0.39 is 0 Å². The van der Waals surface area contributed by atoms with Gasteiger partial charge in [0.05, 0.1) is 0 Å². The van der Waals surface area contributed by atoms with Crippen LogP contribution >= 0.6 is 0 Å². The number of hydrogen-bond donors (Lipinski definition) is 1. The Bertz CT molecular complexity index is 435. The maximum Gasteiger partial charge on any atom is 0.317 e. The van der Waals surface area contributed by atoms with Crippen molar-refractivity contribution in [2.24, 2.45) is 0 Å². The Morgan fingerprint density at radius 1 is 1.26 bits per heavy atom. The fourth-order valence-electron chi connectivity index (χ4n) is 2.38. The average Bonchev–Trinajstić information content (AvgIpc) is 2.46. The van der Waals surface area contributed by atoms with Crippen LogP contribution in [0.1, 0.15) is 31.2 Å². The Hall–Kier alpha value is -1.84. The first-order valence-corrected chi connectivity index (χ1v) is 6.73. The number of hydrogen-bond acceptors (Lipinski definition) is 2. The van der Waals surface area contributed by atoms with Gasteiger partial charge in [-0.25, -0.2) is 4.79 Å². The number of carbonyl (C=O) groups is 2. The molecule has 4 heteroatoms. The number of amides is 2. The predicted molar refractivity (Wildman–Crippen MR) is 73.7 cm³/mol. The van der Waals surface area contributed by atoms with Crippen LogP contribution in [0.3, 0.4) is 0 Å². The van der Waals surface area contributed by atoms with Gasteiger partial charge in [0.2, 0.25) is 0 Å². The Kier molecular flexibility index (Phi) is 4.55. The normalized spacial score (nSPS) is 16.2. The monoisotopic (exact) mass is 260 g/mol. The molecular weight excluding hydrogens is 240 g/mol. The van der Waals surface area contributed by atoms with Crippen molar-refractivity contribution >= 4 is 11.8 Å². The maximum absolute atomic E-state index is 12.0. The molecule has 0 heterocycles. The molecule has 0 saturated heterocycles. The molecule has 0 radical (unpaired) electrons. The second kappa shape index (κ2) is 6.36. The molecule has 0 bridgehead atoms. The van der Waals surface area contributed by atoms with E-state index in [0.717, 1.165) is 18.4 Å². The highest BCUT2D eigenvalue weighted by Gasteiger charge is 2.24. The van der Waals surface area contributed by atoms with E-state index >= 15 is 0 Å². The van der Waals surface area contributed by atoms with Gasteiger partial charge in [-0.05, 0) is 18.4 Å². The fourth-order valence-corrected chi connectivity index (χ4v) is 2.38. The lowest BCUT2D eigenvalue weighted by atomic mass is 9.93. The van der Waals surface area contributed by atoms with Crippen molar-refractivity contribution in [2.75, 3.05) is 7.05 Å². The lowest BCUT2D eigenvalue weighted by Crippen LogP contribution is -2.44. The first-order valence-electron chi connectivity index (χ1n) is 6.73. The maximum atomic E-state index is 12.0. The minimum atomic E-state index is -0.0665. The minimum absolute atomic E-state index is 0.0665. The zero-order valence-electron chi connectivity index (χ0n) is 11.3. The number of nitrogens with zero attached hydrogens (tertiary/aromatic N) is 1. The second-order valence-electron chi connectivity index (χ2n) is 5.03. The summed E-state index contributed by atoms with van der Waals surface area (Å²) in [5.41, 5.74) is 1.09. The topological polar surface area (TPSA) is 49.4 Å². The molecule has 0 aliphatic heterocycles. The molecule has 0 spiro atoms. The molecule has 0 aromatic heterocycles. The van der Waals surface area contributed by atoms with E-state index in [9.17, 15) is 9.59 Å². The summed E-state index contributed by atoms with van der Waals surface area (Å²) in [5, 5.41) is 2.91. The Morgan fingerprint density at radius 2 is 1.89 bits per heavy atom. The zero-order valence-corrected chi connectivity index (χ0v) is 11.3. The summed E-state index contributed by atoms with van der Waals surface area (Å²) in [5.74, 6) is 0.314. The summed E-state index contributed by atoms with van der Waals surface area (Å²) in [6, 6.07) is 9.96. The molecule has 1 aromatic carbocycles. The van der Waals surface area contributed by atoms with E-state index in [4.69, 9.17) is 0 Å². The Labute approximate surface area is 113 Å². The van der Waals surface area contributed by atoms with Crippen LogP contribution in [0, 0.1) is 0 Å². The third-order valence-electron chi connectivity index (χ3n) is 3.67. The fraction of sp³-hybridized carbons (Fsp3) is 0.467. The van der Waals surface area contributed by atoms with Crippen molar-refractivity contribution in [1.82, 2.24) is 10.2 Å². The summed E-state index contributed by atoms with van der Waals surface area (Å²) >= 11 is 0. The molecule has 2 rings (SSSR count). The molecule has 1 saturated carbocycles. The van der Waals surface area contributed by atoms with E-state index in [-0.39, 0.29) is 12.1 Å². The first kappa shape index (κ1) is 13.6. The van der Waals surface area contributed by atoms with Gasteiger partial charge in [-0.3, -0.25) is 4.79 Å². The van der Waals surface area contributed by atoms with Crippen LogP contribution in [0.5, 0.6) is 0 Å². The van der Waals surface area contributed by atoms with Gasteiger partial charge in [0, 0.05) is 32.5 Å². The van der Waals surface area contributed by atoms with E-state index in [0.29, 0.717) is 25.2 Å². The van der Waals surface area contributed by atoms with Gasteiger partial charge in [-0.15, -0.1) is 0 Å². The molecule has 1 aliphatic rings. The number of benzene rings is 1. The summed E-state index contributed by atoms with van der Waals surface area (Å²) in [6.07, 6.45) is 2.77. The van der Waals surface area contributed by atoms with Crippen LogP contribution in [-0.2, 0) is 11.3 Å². The molecule has 19 heavy (non-hydrogen) atoms. The second-order valence-corrected chi connectivity index (χ2v) is 5.03. The van der Waals surface area contributed by atoms with Crippen LogP contribution in [-0.4, -0.2) is 29.8 Å². The van der Waals surface area contributed by atoms with E-state index in [1.54, 1.807) is 11.9 Å². The molecule has 0 unspecified atom stereocenters. The summed E-state index contributed by atoms with van der Waals surface area (Å²) < 4.78 is 0. The third kappa shape index (κ3) is 3.81. The molecule has 1 N–H and O–H groups in total. The zero-order chi connectivity index (χ0) is 13.7. The van der Waals surface area contributed by atoms with Crippen LogP contribution in [0.2, 0.25) is 0 Å². The van der Waals surface area contributed by atoms with E-state index in [1.165, 1.54) is 0 Å². The van der Waals surface area contributed by atoms with Gasteiger partial charge >= 0.3 is 6.03 Å². The molecule has 102 valence electrons. The van der Waals surface area contributed by atoms with Crippen LogP contribution in [0.25, 0.3) is 0 Å². The van der Waals surface area contributed by atoms with Crippen LogP contribution in [0.4, 0.5) is 4.79 Å². The van der Waals surface area contributed by atoms with Gasteiger partial charge in [0.1, 0.15) is 5.78 Å². The largest absolute Gasteiger partial charge is 0.334 e. The van der Waals surface area contributed by atoms with Crippen molar-refractivity contribution in [3.05, 3.63) is 35.9 Å². The van der Waals surface area contributed by atoms with E-state index in [2.05, 4.69) is 5.32 Å². The highest BCUT2D eigenvalue weighted by molar-refractivity contribution is 5.80. The van der Waals surface area contributed by atoms with Crippen molar-refractivity contribution in [3.8, 4) is 0 Å². The summed E-state index contributed by atoms with van der Waals surface area (Å²) in [6.45, 7) is 0.537. The number of urea groups is 1. The lowest BCUT2D eigenvalue weighted by Gasteiger charge is -2.30.